The summed E-state index contributed by atoms with van der Waals surface area (Å²) in [6.45, 7) is 0. The Hall–Kier alpha value is -1.33. The average Bonchev–Trinajstić information content (AvgIpc) is 2.83. The maximum Gasteiger partial charge on any atom is 0.287 e. The molecular formula is C11H16N2O3. The van der Waals surface area contributed by atoms with Crippen LogP contribution in [0.15, 0.2) is 22.8 Å². The van der Waals surface area contributed by atoms with E-state index in [0.717, 1.165) is 25.7 Å². The zero-order chi connectivity index (χ0) is 11.4. The molecule has 0 aromatic carbocycles. The van der Waals surface area contributed by atoms with Crippen LogP contribution in [-0.4, -0.2) is 18.1 Å². The smallest absolute Gasteiger partial charge is 0.287 e. The highest BCUT2D eigenvalue weighted by molar-refractivity contribution is 5.91. The molecule has 0 spiro atoms. The van der Waals surface area contributed by atoms with Crippen molar-refractivity contribution in [1.29, 1.82) is 0 Å². The van der Waals surface area contributed by atoms with Gasteiger partial charge in [0.15, 0.2) is 5.76 Å². The molecule has 5 heteroatoms. The lowest BCUT2D eigenvalue weighted by molar-refractivity contribution is 0.0215. The summed E-state index contributed by atoms with van der Waals surface area (Å²) >= 11 is 0. The molecule has 2 rings (SSSR count). The number of hydrogen-bond acceptors (Lipinski definition) is 4. The standard InChI is InChI=1S/C11H16N2O3/c12-16-9-5-3-8(4-6-9)13-11(14)10-2-1-7-15-10/h1-2,7-9H,3-6,12H2,(H,13,14). The van der Waals surface area contributed by atoms with Crippen molar-refractivity contribution < 1.29 is 14.0 Å². The van der Waals surface area contributed by atoms with E-state index in [-0.39, 0.29) is 18.1 Å². The highest BCUT2D eigenvalue weighted by atomic mass is 16.6. The summed E-state index contributed by atoms with van der Waals surface area (Å²) in [6.07, 6.45) is 5.20. The van der Waals surface area contributed by atoms with E-state index < -0.39 is 0 Å². The van der Waals surface area contributed by atoms with Crippen LogP contribution in [0.5, 0.6) is 0 Å². The SMILES string of the molecule is NOC1CCC(NC(=O)c2ccco2)CC1. The van der Waals surface area contributed by atoms with E-state index in [1.54, 1.807) is 12.1 Å². The molecular weight excluding hydrogens is 208 g/mol. The van der Waals surface area contributed by atoms with Gasteiger partial charge in [-0.15, -0.1) is 0 Å². The Morgan fingerprint density at radius 1 is 1.44 bits per heavy atom. The normalized spacial score (nSPS) is 25.3. The predicted octanol–water partition coefficient (Wildman–Crippen LogP) is 1.21. The van der Waals surface area contributed by atoms with Gasteiger partial charge in [-0.25, -0.2) is 5.90 Å². The summed E-state index contributed by atoms with van der Waals surface area (Å²) in [7, 11) is 0. The van der Waals surface area contributed by atoms with Crippen LogP contribution in [0, 0.1) is 0 Å². The highest BCUT2D eigenvalue weighted by Crippen LogP contribution is 2.20. The van der Waals surface area contributed by atoms with Crippen LogP contribution in [0.1, 0.15) is 36.2 Å². The van der Waals surface area contributed by atoms with Crippen molar-refractivity contribution in [1.82, 2.24) is 5.32 Å². The molecule has 5 nitrogen and oxygen atoms in total. The molecule has 0 saturated heterocycles. The lowest BCUT2D eigenvalue weighted by Gasteiger charge is -2.27. The fourth-order valence-electron chi connectivity index (χ4n) is 2.01. The fourth-order valence-corrected chi connectivity index (χ4v) is 2.01. The van der Waals surface area contributed by atoms with Gasteiger partial charge in [-0.2, -0.15) is 0 Å². The van der Waals surface area contributed by atoms with E-state index in [9.17, 15) is 4.79 Å². The number of rotatable bonds is 3. The Kier molecular flexibility index (Phi) is 3.58. The van der Waals surface area contributed by atoms with Gasteiger partial charge >= 0.3 is 0 Å². The van der Waals surface area contributed by atoms with Crippen molar-refractivity contribution in [2.75, 3.05) is 0 Å². The van der Waals surface area contributed by atoms with Gasteiger partial charge in [0.25, 0.3) is 5.91 Å². The Bertz CT molecular complexity index is 329. The molecule has 0 aliphatic heterocycles. The van der Waals surface area contributed by atoms with E-state index in [4.69, 9.17) is 15.2 Å². The number of carbonyl (C=O) groups is 1. The van der Waals surface area contributed by atoms with Crippen LogP contribution >= 0.6 is 0 Å². The molecule has 3 N–H and O–H groups in total. The minimum atomic E-state index is -0.151. The molecule has 1 aliphatic rings. The van der Waals surface area contributed by atoms with E-state index in [0.29, 0.717) is 5.76 Å². The first-order valence-corrected chi connectivity index (χ1v) is 5.49. The molecule has 0 radical (unpaired) electrons. The first-order chi connectivity index (χ1) is 7.79. The predicted molar refractivity (Wildman–Crippen MR) is 57.5 cm³/mol. The largest absolute Gasteiger partial charge is 0.459 e. The van der Waals surface area contributed by atoms with Crippen molar-refractivity contribution in [3.8, 4) is 0 Å². The van der Waals surface area contributed by atoms with Crippen molar-refractivity contribution >= 4 is 5.91 Å². The number of nitrogens with one attached hydrogen (secondary N) is 1. The van der Waals surface area contributed by atoms with Crippen LogP contribution in [0.25, 0.3) is 0 Å². The molecule has 1 saturated carbocycles. The molecule has 1 heterocycles. The van der Waals surface area contributed by atoms with Gasteiger partial charge in [-0.05, 0) is 37.8 Å². The molecule has 0 bridgehead atoms. The van der Waals surface area contributed by atoms with Gasteiger partial charge in [-0.1, -0.05) is 0 Å². The van der Waals surface area contributed by atoms with Crippen LogP contribution in [0.3, 0.4) is 0 Å². The number of carbonyl (C=O) groups excluding carboxylic acids is 1. The second kappa shape index (κ2) is 5.14. The van der Waals surface area contributed by atoms with E-state index in [1.165, 1.54) is 6.26 Å². The van der Waals surface area contributed by atoms with Crippen molar-refractivity contribution in [3.05, 3.63) is 24.2 Å². The second-order valence-corrected chi connectivity index (χ2v) is 4.06. The van der Waals surface area contributed by atoms with Gasteiger partial charge < -0.3 is 14.6 Å². The fraction of sp³-hybridized carbons (Fsp3) is 0.545. The number of amides is 1. The summed E-state index contributed by atoms with van der Waals surface area (Å²) < 4.78 is 5.02. The monoisotopic (exact) mass is 224 g/mol. The molecule has 16 heavy (non-hydrogen) atoms. The Labute approximate surface area is 93.9 Å². The first kappa shape index (κ1) is 11.2. The molecule has 88 valence electrons. The van der Waals surface area contributed by atoms with Gasteiger partial charge in [0.1, 0.15) is 0 Å². The molecule has 1 aromatic heterocycles. The zero-order valence-corrected chi connectivity index (χ0v) is 9.02. The van der Waals surface area contributed by atoms with Crippen molar-refractivity contribution in [2.45, 2.75) is 37.8 Å². The van der Waals surface area contributed by atoms with Gasteiger partial charge in [0, 0.05) is 6.04 Å². The lowest BCUT2D eigenvalue weighted by Crippen LogP contribution is -2.39. The molecule has 1 fully saturated rings. The molecule has 1 aromatic rings. The summed E-state index contributed by atoms with van der Waals surface area (Å²) in [5, 5.41) is 2.94. The maximum atomic E-state index is 11.7. The van der Waals surface area contributed by atoms with E-state index >= 15 is 0 Å². The Morgan fingerprint density at radius 2 is 2.19 bits per heavy atom. The zero-order valence-electron chi connectivity index (χ0n) is 9.02. The second-order valence-electron chi connectivity index (χ2n) is 4.06. The van der Waals surface area contributed by atoms with Crippen LogP contribution in [-0.2, 0) is 4.84 Å². The quantitative estimate of drug-likeness (QED) is 0.756. The topological polar surface area (TPSA) is 77.5 Å². The summed E-state index contributed by atoms with van der Waals surface area (Å²) in [4.78, 5) is 16.4. The number of nitrogens with two attached hydrogens (primary N) is 1. The molecule has 1 aliphatic carbocycles. The van der Waals surface area contributed by atoms with Gasteiger partial charge in [-0.3, -0.25) is 4.79 Å². The summed E-state index contributed by atoms with van der Waals surface area (Å²) in [6, 6.07) is 3.56. The number of furan rings is 1. The third-order valence-electron chi connectivity index (χ3n) is 2.95. The van der Waals surface area contributed by atoms with Crippen molar-refractivity contribution in [3.63, 3.8) is 0 Å². The summed E-state index contributed by atoms with van der Waals surface area (Å²) in [5.74, 6) is 5.33. The van der Waals surface area contributed by atoms with E-state index in [1.807, 2.05) is 0 Å². The van der Waals surface area contributed by atoms with E-state index in [2.05, 4.69) is 5.32 Å². The number of hydrogen-bond donors (Lipinski definition) is 2. The van der Waals surface area contributed by atoms with Crippen molar-refractivity contribution in [2.24, 2.45) is 5.90 Å². The minimum absolute atomic E-state index is 0.136. The molecule has 0 atom stereocenters. The minimum Gasteiger partial charge on any atom is -0.459 e. The van der Waals surface area contributed by atoms with Crippen LogP contribution < -0.4 is 11.2 Å². The first-order valence-electron chi connectivity index (χ1n) is 5.49. The Morgan fingerprint density at radius 3 is 2.75 bits per heavy atom. The molecule has 0 unspecified atom stereocenters. The molecule has 1 amide bonds. The van der Waals surface area contributed by atoms with Gasteiger partial charge in [0.05, 0.1) is 12.4 Å². The third-order valence-corrected chi connectivity index (χ3v) is 2.95. The Balaban J connectivity index is 1.81. The maximum absolute atomic E-state index is 11.7. The summed E-state index contributed by atoms with van der Waals surface area (Å²) in [5.41, 5.74) is 0. The van der Waals surface area contributed by atoms with Crippen LogP contribution in [0.4, 0.5) is 0 Å². The average molecular weight is 224 g/mol. The lowest BCUT2D eigenvalue weighted by atomic mass is 9.93. The van der Waals surface area contributed by atoms with Gasteiger partial charge in [0.2, 0.25) is 0 Å². The third kappa shape index (κ3) is 2.62. The van der Waals surface area contributed by atoms with Crippen LogP contribution in [0.2, 0.25) is 0 Å². The highest BCUT2D eigenvalue weighted by Gasteiger charge is 2.23.